The Morgan fingerprint density at radius 2 is 2.13 bits per heavy atom. The van der Waals surface area contributed by atoms with Crippen molar-refractivity contribution in [3.05, 3.63) is 53.7 Å². The molecule has 1 aliphatic rings. The Labute approximate surface area is 135 Å². The first-order valence-corrected chi connectivity index (χ1v) is 7.74. The number of aryl methyl sites for hydroxylation is 1. The maximum Gasteiger partial charge on any atom is 0.294 e. The number of carbonyl (C=O) groups is 1. The molecule has 120 valence electrons. The average Bonchev–Trinajstić information content (AvgIpc) is 3.04. The molecule has 0 saturated heterocycles. The third-order valence-corrected chi connectivity index (χ3v) is 3.73. The Kier molecular flexibility index (Phi) is 4.48. The Morgan fingerprint density at radius 3 is 2.87 bits per heavy atom. The Hall–Kier alpha value is -2.53. The van der Waals surface area contributed by atoms with Gasteiger partial charge in [-0.05, 0) is 56.1 Å². The zero-order valence-electron chi connectivity index (χ0n) is 13.1. The van der Waals surface area contributed by atoms with Crippen molar-refractivity contribution in [3.8, 4) is 5.75 Å². The monoisotopic (exact) mass is 312 g/mol. The highest BCUT2D eigenvalue weighted by Gasteiger charge is 2.30. The summed E-state index contributed by atoms with van der Waals surface area (Å²) < 4.78 is 11.1. The van der Waals surface area contributed by atoms with Gasteiger partial charge in [-0.2, -0.15) is 0 Å². The van der Waals surface area contributed by atoms with E-state index in [-0.39, 0.29) is 11.7 Å². The lowest BCUT2D eigenvalue weighted by Gasteiger charge is -2.30. The number of fused-ring (bicyclic) bond motifs is 1. The standard InChI is InChI=1S/C18H20N2O3/c1-13-6-7-16-15(11-13)20(9-3-2-8-19)18(21)17(23-16)12-14-5-4-10-22-14/h4-7,10-12H,2-3,8-9,19H2,1H3/b17-12+. The number of carbonyl (C=O) groups excluding carboxylic acids is 1. The summed E-state index contributed by atoms with van der Waals surface area (Å²) in [5.74, 6) is 1.38. The van der Waals surface area contributed by atoms with E-state index in [2.05, 4.69) is 0 Å². The molecule has 5 heteroatoms. The van der Waals surface area contributed by atoms with Gasteiger partial charge in [0.05, 0.1) is 12.0 Å². The first-order valence-electron chi connectivity index (χ1n) is 7.74. The fourth-order valence-corrected chi connectivity index (χ4v) is 2.56. The maximum absolute atomic E-state index is 12.8. The Bertz CT molecular complexity index is 720. The molecule has 2 aromatic rings. The van der Waals surface area contributed by atoms with Crippen molar-refractivity contribution in [2.75, 3.05) is 18.0 Å². The van der Waals surface area contributed by atoms with Crippen LogP contribution >= 0.6 is 0 Å². The summed E-state index contributed by atoms with van der Waals surface area (Å²) in [6, 6.07) is 9.39. The van der Waals surface area contributed by atoms with Crippen molar-refractivity contribution in [1.82, 2.24) is 0 Å². The van der Waals surface area contributed by atoms with Crippen LogP contribution in [-0.2, 0) is 4.79 Å². The molecule has 0 atom stereocenters. The number of furan rings is 1. The third-order valence-electron chi connectivity index (χ3n) is 3.73. The van der Waals surface area contributed by atoms with Gasteiger partial charge in [-0.1, -0.05) is 6.07 Å². The number of hydrogen-bond acceptors (Lipinski definition) is 4. The molecule has 0 aliphatic carbocycles. The molecule has 1 amide bonds. The molecule has 0 radical (unpaired) electrons. The van der Waals surface area contributed by atoms with Crippen molar-refractivity contribution < 1.29 is 13.9 Å². The fraction of sp³-hybridized carbons (Fsp3) is 0.278. The fourth-order valence-electron chi connectivity index (χ4n) is 2.56. The SMILES string of the molecule is Cc1ccc2c(c1)N(CCCCN)C(=O)/C(=C\c1ccco1)O2. The van der Waals surface area contributed by atoms with Gasteiger partial charge < -0.3 is 19.8 Å². The minimum atomic E-state index is -0.156. The van der Waals surface area contributed by atoms with Crippen LogP contribution in [0.15, 0.2) is 46.8 Å². The lowest BCUT2D eigenvalue weighted by molar-refractivity contribution is -0.117. The predicted molar refractivity (Wildman–Crippen MR) is 89.1 cm³/mol. The van der Waals surface area contributed by atoms with E-state index in [1.807, 2.05) is 25.1 Å². The van der Waals surface area contributed by atoms with E-state index in [4.69, 9.17) is 14.9 Å². The van der Waals surface area contributed by atoms with Gasteiger partial charge in [0, 0.05) is 12.6 Å². The van der Waals surface area contributed by atoms with Crippen molar-refractivity contribution in [2.45, 2.75) is 19.8 Å². The smallest absolute Gasteiger partial charge is 0.294 e. The van der Waals surface area contributed by atoms with E-state index < -0.39 is 0 Å². The van der Waals surface area contributed by atoms with E-state index in [1.54, 1.807) is 29.4 Å². The highest BCUT2D eigenvalue weighted by atomic mass is 16.5. The maximum atomic E-state index is 12.8. The largest absolute Gasteiger partial charge is 0.465 e. The van der Waals surface area contributed by atoms with Crippen LogP contribution in [0.1, 0.15) is 24.2 Å². The summed E-state index contributed by atoms with van der Waals surface area (Å²) in [6.45, 7) is 3.23. The van der Waals surface area contributed by atoms with E-state index in [0.29, 0.717) is 24.6 Å². The number of unbranched alkanes of at least 4 members (excludes halogenated alkanes) is 1. The van der Waals surface area contributed by atoms with Gasteiger partial charge in [-0.25, -0.2) is 0 Å². The van der Waals surface area contributed by atoms with Crippen molar-refractivity contribution in [3.63, 3.8) is 0 Å². The van der Waals surface area contributed by atoms with Gasteiger partial charge in [-0.3, -0.25) is 4.79 Å². The predicted octanol–water partition coefficient (Wildman–Crippen LogP) is 3.09. The van der Waals surface area contributed by atoms with Crippen molar-refractivity contribution in [2.24, 2.45) is 5.73 Å². The van der Waals surface area contributed by atoms with Gasteiger partial charge in [0.2, 0.25) is 0 Å². The summed E-state index contributed by atoms with van der Waals surface area (Å²) >= 11 is 0. The van der Waals surface area contributed by atoms with Crippen LogP contribution in [0, 0.1) is 6.92 Å². The lowest BCUT2D eigenvalue weighted by atomic mass is 10.1. The van der Waals surface area contributed by atoms with Crippen LogP contribution in [0.4, 0.5) is 5.69 Å². The Morgan fingerprint density at radius 1 is 1.26 bits per heavy atom. The van der Waals surface area contributed by atoms with Gasteiger partial charge >= 0.3 is 0 Å². The normalized spacial score (nSPS) is 15.7. The first kappa shape index (κ1) is 15.4. The summed E-state index contributed by atoms with van der Waals surface area (Å²) in [4.78, 5) is 14.5. The zero-order chi connectivity index (χ0) is 16.2. The number of nitrogens with zero attached hydrogens (tertiary/aromatic N) is 1. The highest BCUT2D eigenvalue weighted by Crippen LogP contribution is 2.36. The lowest BCUT2D eigenvalue weighted by Crippen LogP contribution is -2.38. The summed E-state index contributed by atoms with van der Waals surface area (Å²) in [5, 5.41) is 0. The van der Waals surface area contributed by atoms with E-state index >= 15 is 0 Å². The third kappa shape index (κ3) is 3.29. The molecule has 0 unspecified atom stereocenters. The molecule has 0 spiro atoms. The van der Waals surface area contributed by atoms with Crippen LogP contribution in [0.3, 0.4) is 0 Å². The van der Waals surface area contributed by atoms with E-state index in [0.717, 1.165) is 24.1 Å². The number of anilines is 1. The zero-order valence-corrected chi connectivity index (χ0v) is 13.1. The van der Waals surface area contributed by atoms with Gasteiger partial charge in [0.1, 0.15) is 5.76 Å². The molecule has 1 aromatic heterocycles. The average molecular weight is 312 g/mol. The van der Waals surface area contributed by atoms with Gasteiger partial charge in [0.25, 0.3) is 5.91 Å². The Balaban J connectivity index is 1.95. The molecule has 0 fully saturated rings. The molecular weight excluding hydrogens is 292 g/mol. The number of amides is 1. The van der Waals surface area contributed by atoms with Crippen molar-refractivity contribution in [1.29, 1.82) is 0 Å². The number of nitrogens with two attached hydrogens (primary N) is 1. The molecule has 0 bridgehead atoms. The minimum Gasteiger partial charge on any atom is -0.465 e. The summed E-state index contributed by atoms with van der Waals surface area (Å²) in [6.07, 6.45) is 4.92. The molecule has 0 saturated carbocycles. The molecule has 2 heterocycles. The molecular formula is C18H20N2O3. The second-order valence-corrected chi connectivity index (χ2v) is 5.55. The van der Waals surface area contributed by atoms with Crippen LogP contribution in [0.5, 0.6) is 5.75 Å². The van der Waals surface area contributed by atoms with Crippen molar-refractivity contribution >= 4 is 17.7 Å². The van der Waals surface area contributed by atoms with Crippen LogP contribution in [-0.4, -0.2) is 19.0 Å². The quantitative estimate of drug-likeness (QED) is 0.680. The number of hydrogen-bond donors (Lipinski definition) is 1. The molecule has 23 heavy (non-hydrogen) atoms. The van der Waals surface area contributed by atoms with E-state index in [1.165, 1.54) is 0 Å². The topological polar surface area (TPSA) is 68.7 Å². The number of ether oxygens (including phenoxy) is 1. The highest BCUT2D eigenvalue weighted by molar-refractivity contribution is 6.09. The molecule has 1 aliphatic heterocycles. The van der Waals surface area contributed by atoms with Crippen LogP contribution < -0.4 is 15.4 Å². The summed E-state index contributed by atoms with van der Waals surface area (Å²) in [7, 11) is 0. The van der Waals surface area contributed by atoms with Crippen LogP contribution in [0.25, 0.3) is 6.08 Å². The molecule has 2 N–H and O–H groups in total. The van der Waals surface area contributed by atoms with Crippen LogP contribution in [0.2, 0.25) is 0 Å². The summed E-state index contributed by atoms with van der Waals surface area (Å²) in [5.41, 5.74) is 7.46. The van der Waals surface area contributed by atoms with Gasteiger partial charge in [0.15, 0.2) is 11.5 Å². The second kappa shape index (κ2) is 6.71. The van der Waals surface area contributed by atoms with E-state index in [9.17, 15) is 4.79 Å². The number of benzene rings is 1. The minimum absolute atomic E-state index is 0.156. The molecule has 5 nitrogen and oxygen atoms in total. The second-order valence-electron chi connectivity index (χ2n) is 5.55. The molecule has 3 rings (SSSR count). The van der Waals surface area contributed by atoms with Gasteiger partial charge in [-0.15, -0.1) is 0 Å². The first-order chi connectivity index (χ1) is 11.2. The molecule has 1 aromatic carbocycles. The number of rotatable bonds is 5.